The van der Waals surface area contributed by atoms with E-state index in [0.29, 0.717) is 12.8 Å². The Hall–Kier alpha value is -0.720. The zero-order chi connectivity index (χ0) is 23.1. The first kappa shape index (κ1) is 25.5. The molecule has 30 heavy (non-hydrogen) atoms. The molecule has 0 atom stereocenters. The zero-order valence-electron chi connectivity index (χ0n) is 16.9. The SMILES string of the molecule is CCC1(COC(OCC2(CC)COC2)C(F)(F)C(F)(F)C(F)(F)C(C)(F)F)COC1. The largest absolute Gasteiger partial charge is 0.383 e. The monoisotopic (exact) mass is 458 g/mol. The smallest absolute Gasteiger partial charge is 0.380 e. The molecule has 0 saturated carbocycles. The fourth-order valence-corrected chi connectivity index (χ4v) is 2.96. The molecule has 0 spiro atoms. The molecular formula is C18H26F8O4. The van der Waals surface area contributed by atoms with Crippen LogP contribution >= 0.6 is 0 Å². The molecule has 2 fully saturated rings. The number of halogens is 8. The Kier molecular flexibility index (Phi) is 7.09. The van der Waals surface area contributed by atoms with E-state index in [1.807, 2.05) is 0 Å². The average Bonchev–Trinajstić information content (AvgIpc) is 2.57. The topological polar surface area (TPSA) is 36.9 Å². The first-order valence-corrected chi connectivity index (χ1v) is 9.50. The van der Waals surface area contributed by atoms with Gasteiger partial charge in [-0.25, -0.2) is 0 Å². The van der Waals surface area contributed by atoms with Crippen molar-refractivity contribution in [3.05, 3.63) is 0 Å². The summed E-state index contributed by atoms with van der Waals surface area (Å²) in [5.41, 5.74) is -1.54. The Balaban J connectivity index is 2.27. The van der Waals surface area contributed by atoms with Gasteiger partial charge in [0.05, 0.1) is 39.6 Å². The molecule has 2 aliphatic heterocycles. The molecule has 2 rings (SSSR count). The molecule has 4 nitrogen and oxygen atoms in total. The lowest BCUT2D eigenvalue weighted by atomic mass is 9.84. The Morgan fingerprint density at radius 1 is 0.733 bits per heavy atom. The Labute approximate surface area is 169 Å². The van der Waals surface area contributed by atoms with Crippen LogP contribution in [0.15, 0.2) is 0 Å². The van der Waals surface area contributed by atoms with Crippen molar-refractivity contribution in [3.8, 4) is 0 Å². The van der Waals surface area contributed by atoms with Crippen molar-refractivity contribution in [2.24, 2.45) is 10.8 Å². The van der Waals surface area contributed by atoms with Gasteiger partial charge >= 0.3 is 23.7 Å². The van der Waals surface area contributed by atoms with Crippen molar-refractivity contribution in [2.75, 3.05) is 39.6 Å². The van der Waals surface area contributed by atoms with Gasteiger partial charge in [-0.3, -0.25) is 0 Å². The molecule has 0 aromatic rings. The first-order valence-electron chi connectivity index (χ1n) is 9.50. The summed E-state index contributed by atoms with van der Waals surface area (Å²) in [6.45, 7) is 2.07. The second kappa shape index (κ2) is 8.32. The highest BCUT2D eigenvalue weighted by atomic mass is 19.4. The average molecular weight is 458 g/mol. The van der Waals surface area contributed by atoms with Crippen LogP contribution in [-0.2, 0) is 18.9 Å². The van der Waals surface area contributed by atoms with Crippen LogP contribution in [0.3, 0.4) is 0 Å². The van der Waals surface area contributed by atoms with Crippen molar-refractivity contribution in [2.45, 2.75) is 63.6 Å². The Bertz CT molecular complexity index is 548. The van der Waals surface area contributed by atoms with Crippen LogP contribution < -0.4 is 0 Å². The number of rotatable bonds is 12. The van der Waals surface area contributed by atoms with Gasteiger partial charge in [-0.1, -0.05) is 13.8 Å². The minimum absolute atomic E-state index is 0.0914. The highest BCUT2D eigenvalue weighted by Gasteiger charge is 2.81. The lowest BCUT2D eigenvalue weighted by Gasteiger charge is -2.45. The maximum absolute atomic E-state index is 14.6. The predicted molar refractivity (Wildman–Crippen MR) is 88.2 cm³/mol. The van der Waals surface area contributed by atoms with E-state index < -0.39 is 60.9 Å². The van der Waals surface area contributed by atoms with Crippen LogP contribution in [0.25, 0.3) is 0 Å². The van der Waals surface area contributed by atoms with Crippen molar-refractivity contribution in [3.63, 3.8) is 0 Å². The van der Waals surface area contributed by atoms with E-state index in [1.54, 1.807) is 13.8 Å². The van der Waals surface area contributed by atoms with E-state index >= 15 is 0 Å². The number of ether oxygens (including phenoxy) is 4. The van der Waals surface area contributed by atoms with Crippen LogP contribution in [0, 0.1) is 10.8 Å². The third-order valence-corrected chi connectivity index (χ3v) is 5.88. The fraction of sp³-hybridized carbons (Fsp3) is 1.00. The van der Waals surface area contributed by atoms with Gasteiger partial charge in [-0.05, 0) is 12.8 Å². The predicted octanol–water partition coefficient (Wildman–Crippen LogP) is 4.76. The van der Waals surface area contributed by atoms with Crippen LogP contribution in [0.1, 0.15) is 33.6 Å². The van der Waals surface area contributed by atoms with Gasteiger partial charge in [-0.15, -0.1) is 0 Å². The van der Waals surface area contributed by atoms with Crippen LogP contribution in [0.5, 0.6) is 0 Å². The summed E-state index contributed by atoms with van der Waals surface area (Å²) >= 11 is 0. The molecule has 0 bridgehead atoms. The minimum atomic E-state index is -6.45. The summed E-state index contributed by atoms with van der Waals surface area (Å²) in [5, 5.41) is 0. The second-order valence-corrected chi connectivity index (χ2v) is 8.31. The standard InChI is InChI=1S/C18H26F8O4/c1-4-14(6-27-7-14)10-29-12(30-11-15(5-2)8-28-9-15)16(21,22)18(25,26)17(23,24)13(3,19)20/h12H,4-11H2,1-3H3. The maximum Gasteiger partial charge on any atom is 0.383 e. The van der Waals surface area contributed by atoms with Gasteiger partial charge in [0.2, 0.25) is 6.29 Å². The van der Waals surface area contributed by atoms with E-state index in [4.69, 9.17) is 18.9 Å². The first-order chi connectivity index (χ1) is 13.6. The Morgan fingerprint density at radius 3 is 1.33 bits per heavy atom. The molecule has 12 heteroatoms. The van der Waals surface area contributed by atoms with E-state index in [9.17, 15) is 35.1 Å². The lowest BCUT2D eigenvalue weighted by molar-refractivity contribution is -0.409. The van der Waals surface area contributed by atoms with Crippen molar-refractivity contribution < 1.29 is 54.1 Å². The highest BCUT2D eigenvalue weighted by molar-refractivity contribution is 5.04. The fourth-order valence-electron chi connectivity index (χ4n) is 2.96. The van der Waals surface area contributed by atoms with Gasteiger partial charge in [0.1, 0.15) is 0 Å². The molecule has 0 N–H and O–H groups in total. The molecule has 0 aromatic heterocycles. The second-order valence-electron chi connectivity index (χ2n) is 8.31. The van der Waals surface area contributed by atoms with Crippen LogP contribution in [0.4, 0.5) is 35.1 Å². The molecule has 2 aliphatic rings. The molecular weight excluding hydrogens is 432 g/mol. The quantitative estimate of drug-likeness (QED) is 0.312. The van der Waals surface area contributed by atoms with Gasteiger partial charge in [0.15, 0.2) is 0 Å². The summed E-state index contributed by atoms with van der Waals surface area (Å²) in [6, 6.07) is 0. The molecule has 0 aliphatic carbocycles. The van der Waals surface area contributed by atoms with Crippen molar-refractivity contribution >= 4 is 0 Å². The molecule has 2 saturated heterocycles. The molecule has 0 aromatic carbocycles. The third kappa shape index (κ3) is 4.29. The zero-order valence-corrected chi connectivity index (χ0v) is 16.9. The van der Waals surface area contributed by atoms with Gasteiger partial charge in [0.25, 0.3) is 0 Å². The molecule has 0 amide bonds. The lowest BCUT2D eigenvalue weighted by Crippen LogP contribution is -2.66. The number of alkyl halides is 8. The van der Waals surface area contributed by atoms with E-state index in [2.05, 4.69) is 0 Å². The van der Waals surface area contributed by atoms with Crippen LogP contribution in [0.2, 0.25) is 0 Å². The summed E-state index contributed by atoms with van der Waals surface area (Å²) in [4.78, 5) is 0. The van der Waals surface area contributed by atoms with Crippen molar-refractivity contribution in [1.82, 2.24) is 0 Å². The van der Waals surface area contributed by atoms with E-state index in [1.165, 1.54) is 0 Å². The van der Waals surface area contributed by atoms with Gasteiger partial charge in [-0.2, -0.15) is 35.1 Å². The van der Waals surface area contributed by atoms with Crippen molar-refractivity contribution in [1.29, 1.82) is 0 Å². The molecule has 2 heterocycles. The summed E-state index contributed by atoms with van der Waals surface area (Å²) in [7, 11) is 0. The highest BCUT2D eigenvalue weighted by Crippen LogP contribution is 2.54. The van der Waals surface area contributed by atoms with Crippen LogP contribution in [-0.4, -0.2) is 69.6 Å². The summed E-state index contributed by atoms with van der Waals surface area (Å²) < 4.78 is 131. The third-order valence-electron chi connectivity index (χ3n) is 5.88. The number of hydrogen-bond donors (Lipinski definition) is 0. The minimum Gasteiger partial charge on any atom is -0.380 e. The van der Waals surface area contributed by atoms with Gasteiger partial charge in [0, 0.05) is 17.8 Å². The normalized spacial score (nSPS) is 22.0. The molecule has 178 valence electrons. The van der Waals surface area contributed by atoms with Gasteiger partial charge < -0.3 is 18.9 Å². The summed E-state index contributed by atoms with van der Waals surface area (Å²) in [6.07, 6.45) is -2.43. The molecule has 0 radical (unpaired) electrons. The Morgan fingerprint density at radius 2 is 1.10 bits per heavy atom. The van der Waals surface area contributed by atoms with E-state index in [0.717, 1.165) is 0 Å². The number of hydrogen-bond acceptors (Lipinski definition) is 4. The van der Waals surface area contributed by atoms with E-state index in [-0.39, 0.29) is 26.4 Å². The summed E-state index contributed by atoms with van der Waals surface area (Å²) in [5.74, 6) is -24.0. The molecule has 0 unspecified atom stereocenters. The maximum atomic E-state index is 14.6.